The molecule has 1 aliphatic carbocycles. The second-order valence-corrected chi connectivity index (χ2v) is 5.41. The third-order valence-electron chi connectivity index (χ3n) is 3.77. The number of hydrogen-bond acceptors (Lipinski definition) is 4. The SMILES string of the molecule is COc1cccc2c(N(CC(=O)O)CC3CC3)nccc12. The van der Waals surface area contributed by atoms with Crippen molar-refractivity contribution in [2.45, 2.75) is 12.8 Å². The Kier molecular flexibility index (Phi) is 3.64. The van der Waals surface area contributed by atoms with E-state index in [1.165, 1.54) is 12.8 Å². The van der Waals surface area contributed by atoms with E-state index in [9.17, 15) is 4.79 Å². The van der Waals surface area contributed by atoms with Gasteiger partial charge in [0.25, 0.3) is 0 Å². The maximum absolute atomic E-state index is 11.1. The Morgan fingerprint density at radius 1 is 1.38 bits per heavy atom. The van der Waals surface area contributed by atoms with Crippen molar-refractivity contribution in [3.63, 3.8) is 0 Å². The lowest BCUT2D eigenvalue weighted by atomic mass is 10.1. The van der Waals surface area contributed by atoms with E-state index in [2.05, 4.69) is 4.98 Å². The molecule has 0 saturated heterocycles. The highest BCUT2D eigenvalue weighted by Crippen LogP contribution is 2.34. The van der Waals surface area contributed by atoms with Crippen molar-refractivity contribution in [1.82, 2.24) is 4.98 Å². The number of aliphatic carboxylic acids is 1. The summed E-state index contributed by atoms with van der Waals surface area (Å²) >= 11 is 0. The van der Waals surface area contributed by atoms with Crippen LogP contribution in [-0.4, -0.2) is 36.3 Å². The third-order valence-corrected chi connectivity index (χ3v) is 3.77. The standard InChI is InChI=1S/C16H18N2O3/c1-21-14-4-2-3-13-12(14)7-8-17-16(13)18(10-15(19)20)9-11-5-6-11/h2-4,7-8,11H,5-6,9-10H2,1H3,(H,19,20). The highest BCUT2D eigenvalue weighted by molar-refractivity contribution is 5.96. The van der Waals surface area contributed by atoms with Crippen LogP contribution in [-0.2, 0) is 4.79 Å². The van der Waals surface area contributed by atoms with E-state index < -0.39 is 5.97 Å². The molecule has 0 spiro atoms. The molecule has 2 aromatic rings. The molecule has 21 heavy (non-hydrogen) atoms. The van der Waals surface area contributed by atoms with Crippen LogP contribution in [0.2, 0.25) is 0 Å². The lowest BCUT2D eigenvalue weighted by molar-refractivity contribution is -0.135. The smallest absolute Gasteiger partial charge is 0.323 e. The maximum Gasteiger partial charge on any atom is 0.323 e. The van der Waals surface area contributed by atoms with Crippen LogP contribution >= 0.6 is 0 Å². The number of ether oxygens (including phenoxy) is 1. The Labute approximate surface area is 123 Å². The van der Waals surface area contributed by atoms with Gasteiger partial charge in [-0.2, -0.15) is 0 Å². The number of methoxy groups -OCH3 is 1. The van der Waals surface area contributed by atoms with E-state index in [1.54, 1.807) is 13.3 Å². The first-order valence-corrected chi connectivity index (χ1v) is 7.07. The number of nitrogens with zero attached hydrogens (tertiary/aromatic N) is 2. The average Bonchev–Trinajstić information content (AvgIpc) is 3.29. The molecule has 3 rings (SSSR count). The Morgan fingerprint density at radius 2 is 2.19 bits per heavy atom. The minimum atomic E-state index is -0.836. The number of rotatable bonds is 6. The van der Waals surface area contributed by atoms with Crippen LogP contribution in [0.5, 0.6) is 5.75 Å². The highest BCUT2D eigenvalue weighted by atomic mass is 16.5. The summed E-state index contributed by atoms with van der Waals surface area (Å²) in [4.78, 5) is 17.4. The van der Waals surface area contributed by atoms with Crippen molar-refractivity contribution in [2.75, 3.05) is 25.1 Å². The van der Waals surface area contributed by atoms with Gasteiger partial charge in [-0.25, -0.2) is 4.98 Å². The van der Waals surface area contributed by atoms with E-state index in [-0.39, 0.29) is 6.54 Å². The maximum atomic E-state index is 11.1. The zero-order chi connectivity index (χ0) is 14.8. The molecule has 1 fully saturated rings. The first kappa shape index (κ1) is 13.7. The molecule has 5 nitrogen and oxygen atoms in total. The van der Waals surface area contributed by atoms with Gasteiger partial charge < -0.3 is 14.7 Å². The zero-order valence-electron chi connectivity index (χ0n) is 12.0. The molecular weight excluding hydrogens is 268 g/mol. The molecule has 0 atom stereocenters. The van der Waals surface area contributed by atoms with Crippen LogP contribution in [0.3, 0.4) is 0 Å². The molecule has 0 unspecified atom stereocenters. The van der Waals surface area contributed by atoms with Crippen molar-refractivity contribution in [3.05, 3.63) is 30.5 Å². The normalized spacial score (nSPS) is 14.1. The number of pyridine rings is 1. The quantitative estimate of drug-likeness (QED) is 0.884. The van der Waals surface area contributed by atoms with Gasteiger partial charge in [-0.1, -0.05) is 12.1 Å². The molecule has 110 valence electrons. The summed E-state index contributed by atoms with van der Waals surface area (Å²) in [6.07, 6.45) is 4.05. The molecular formula is C16H18N2O3. The first-order valence-electron chi connectivity index (χ1n) is 7.07. The third kappa shape index (κ3) is 2.91. The van der Waals surface area contributed by atoms with Gasteiger partial charge in [0.15, 0.2) is 0 Å². The average molecular weight is 286 g/mol. The second-order valence-electron chi connectivity index (χ2n) is 5.41. The van der Waals surface area contributed by atoms with Gasteiger partial charge >= 0.3 is 5.97 Å². The van der Waals surface area contributed by atoms with Gasteiger partial charge in [-0.05, 0) is 30.9 Å². The summed E-state index contributed by atoms with van der Waals surface area (Å²) in [5.41, 5.74) is 0. The van der Waals surface area contributed by atoms with Crippen molar-refractivity contribution < 1.29 is 14.6 Å². The van der Waals surface area contributed by atoms with Crippen LogP contribution in [0.15, 0.2) is 30.5 Å². The predicted molar refractivity (Wildman–Crippen MR) is 80.9 cm³/mol. The Morgan fingerprint density at radius 3 is 2.86 bits per heavy atom. The summed E-state index contributed by atoms with van der Waals surface area (Å²) in [5, 5.41) is 11.0. The van der Waals surface area contributed by atoms with Gasteiger partial charge in [-0.15, -0.1) is 0 Å². The van der Waals surface area contributed by atoms with Crippen LogP contribution < -0.4 is 9.64 Å². The minimum absolute atomic E-state index is 0.0280. The number of benzene rings is 1. The molecule has 1 heterocycles. The predicted octanol–water partition coefficient (Wildman–Crippen LogP) is 2.54. The van der Waals surface area contributed by atoms with Crippen molar-refractivity contribution in [1.29, 1.82) is 0 Å². The zero-order valence-corrected chi connectivity index (χ0v) is 12.0. The number of carboxylic acid groups (broad SMARTS) is 1. The molecule has 1 aromatic heterocycles. The molecule has 1 saturated carbocycles. The fraction of sp³-hybridized carbons (Fsp3) is 0.375. The molecule has 5 heteroatoms. The number of carboxylic acids is 1. The summed E-state index contributed by atoms with van der Waals surface area (Å²) in [6.45, 7) is 0.718. The lowest BCUT2D eigenvalue weighted by Gasteiger charge is -2.23. The lowest BCUT2D eigenvalue weighted by Crippen LogP contribution is -2.32. The second kappa shape index (κ2) is 5.60. The van der Waals surface area contributed by atoms with Gasteiger partial charge in [0.05, 0.1) is 7.11 Å². The Hall–Kier alpha value is -2.30. The Bertz CT molecular complexity index is 668. The molecule has 0 radical (unpaired) electrons. The van der Waals surface area contributed by atoms with Crippen LogP contribution in [0, 0.1) is 5.92 Å². The highest BCUT2D eigenvalue weighted by Gasteiger charge is 2.27. The fourth-order valence-corrected chi connectivity index (χ4v) is 2.59. The van der Waals surface area contributed by atoms with E-state index >= 15 is 0 Å². The topological polar surface area (TPSA) is 62.7 Å². The number of aromatic nitrogens is 1. The van der Waals surface area contributed by atoms with Gasteiger partial charge in [-0.3, -0.25) is 4.79 Å². The van der Waals surface area contributed by atoms with Crippen molar-refractivity contribution >= 4 is 22.6 Å². The number of hydrogen-bond donors (Lipinski definition) is 1. The molecule has 1 aliphatic rings. The van der Waals surface area contributed by atoms with Gasteiger partial charge in [0, 0.05) is 23.5 Å². The Balaban J connectivity index is 2.05. The summed E-state index contributed by atoms with van der Waals surface area (Å²) in [7, 11) is 1.63. The largest absolute Gasteiger partial charge is 0.496 e. The van der Waals surface area contributed by atoms with Gasteiger partial charge in [0.2, 0.25) is 0 Å². The fourth-order valence-electron chi connectivity index (χ4n) is 2.59. The van der Waals surface area contributed by atoms with Crippen LogP contribution in [0.4, 0.5) is 5.82 Å². The monoisotopic (exact) mass is 286 g/mol. The van der Waals surface area contributed by atoms with Gasteiger partial charge in [0.1, 0.15) is 18.1 Å². The van der Waals surface area contributed by atoms with E-state index in [0.29, 0.717) is 5.92 Å². The number of carbonyl (C=O) groups is 1. The van der Waals surface area contributed by atoms with Crippen molar-refractivity contribution in [2.24, 2.45) is 5.92 Å². The van der Waals surface area contributed by atoms with E-state index in [4.69, 9.17) is 9.84 Å². The van der Waals surface area contributed by atoms with Crippen LogP contribution in [0.25, 0.3) is 10.8 Å². The molecule has 1 N–H and O–H groups in total. The molecule has 1 aromatic carbocycles. The first-order chi connectivity index (χ1) is 10.2. The summed E-state index contributed by atoms with van der Waals surface area (Å²) in [5.74, 6) is 1.25. The van der Waals surface area contributed by atoms with E-state index in [1.807, 2.05) is 29.2 Å². The van der Waals surface area contributed by atoms with Crippen molar-refractivity contribution in [3.8, 4) is 5.75 Å². The molecule has 0 aliphatic heterocycles. The van der Waals surface area contributed by atoms with E-state index in [0.717, 1.165) is 28.9 Å². The van der Waals surface area contributed by atoms with Crippen LogP contribution in [0.1, 0.15) is 12.8 Å². The minimum Gasteiger partial charge on any atom is -0.496 e. The summed E-state index contributed by atoms with van der Waals surface area (Å²) < 4.78 is 5.37. The summed E-state index contributed by atoms with van der Waals surface area (Å²) in [6, 6.07) is 7.66. The number of fused-ring (bicyclic) bond motifs is 1. The molecule has 0 amide bonds. The number of anilines is 1. The molecule has 0 bridgehead atoms.